The van der Waals surface area contributed by atoms with Crippen molar-refractivity contribution in [3.8, 4) is 5.75 Å². The first-order valence-electron chi connectivity index (χ1n) is 5.80. The summed E-state index contributed by atoms with van der Waals surface area (Å²) in [5, 5.41) is 0.750. The minimum Gasteiger partial charge on any atom is -0.495 e. The number of methoxy groups -OCH3 is 1. The summed E-state index contributed by atoms with van der Waals surface area (Å²) in [4.78, 5) is 18.1. The van der Waals surface area contributed by atoms with Gasteiger partial charge in [0.05, 0.1) is 18.6 Å². The molecular formula is C13H16N2O2S. The number of amidine groups is 1. The van der Waals surface area contributed by atoms with Crippen LogP contribution in [-0.4, -0.2) is 30.0 Å². The minimum absolute atomic E-state index is 0.0453. The zero-order valence-corrected chi connectivity index (χ0v) is 11.5. The zero-order valence-electron chi connectivity index (χ0n) is 10.7. The third-order valence-electron chi connectivity index (χ3n) is 2.46. The average molecular weight is 264 g/mol. The molecule has 4 nitrogen and oxygen atoms in total. The summed E-state index contributed by atoms with van der Waals surface area (Å²) in [5.41, 5.74) is 0.759. The quantitative estimate of drug-likeness (QED) is 0.842. The highest BCUT2D eigenvalue weighted by Crippen LogP contribution is 2.33. The molecule has 1 fully saturated rings. The van der Waals surface area contributed by atoms with Crippen LogP contribution in [0.5, 0.6) is 5.75 Å². The predicted molar refractivity (Wildman–Crippen MR) is 75.5 cm³/mol. The Morgan fingerprint density at radius 2 is 2.11 bits per heavy atom. The molecule has 5 heteroatoms. The van der Waals surface area contributed by atoms with E-state index < -0.39 is 0 Å². The molecule has 0 atom stereocenters. The molecule has 0 N–H and O–H groups in total. The van der Waals surface area contributed by atoms with Gasteiger partial charge >= 0.3 is 0 Å². The number of para-hydroxylation sites is 2. The van der Waals surface area contributed by atoms with E-state index in [0.29, 0.717) is 11.5 Å². The van der Waals surface area contributed by atoms with Crippen LogP contribution < -0.4 is 9.64 Å². The Hall–Kier alpha value is -1.49. The molecule has 0 aliphatic carbocycles. The molecule has 0 saturated carbocycles. The van der Waals surface area contributed by atoms with Gasteiger partial charge in [-0.05, 0) is 26.0 Å². The normalized spacial score (nSPS) is 17.9. The van der Waals surface area contributed by atoms with E-state index in [0.717, 1.165) is 10.9 Å². The highest BCUT2D eigenvalue weighted by molar-refractivity contribution is 8.15. The standard InChI is InChI=1S/C13H16N2O2S/c1-9(2)14-13-15(12(16)8-18-13)10-6-4-5-7-11(10)17-3/h4-7,9H,8H2,1-3H3. The lowest BCUT2D eigenvalue weighted by atomic mass is 10.2. The molecular weight excluding hydrogens is 248 g/mol. The first kappa shape index (κ1) is 13.0. The molecule has 96 valence electrons. The number of carbonyl (C=O) groups excluding carboxylic acids is 1. The molecule has 18 heavy (non-hydrogen) atoms. The third-order valence-corrected chi connectivity index (χ3v) is 3.40. The van der Waals surface area contributed by atoms with Crippen LogP contribution in [0.1, 0.15) is 13.8 Å². The number of carbonyl (C=O) groups is 1. The van der Waals surface area contributed by atoms with Crippen molar-refractivity contribution in [2.24, 2.45) is 4.99 Å². The monoisotopic (exact) mass is 264 g/mol. The SMILES string of the molecule is COc1ccccc1N1C(=O)CSC1=NC(C)C. The fourth-order valence-electron chi connectivity index (χ4n) is 1.73. The van der Waals surface area contributed by atoms with Crippen molar-refractivity contribution in [1.29, 1.82) is 0 Å². The molecule has 0 radical (unpaired) electrons. The van der Waals surface area contributed by atoms with E-state index in [2.05, 4.69) is 4.99 Å². The van der Waals surface area contributed by atoms with Gasteiger partial charge in [0.2, 0.25) is 5.91 Å². The van der Waals surface area contributed by atoms with Crippen molar-refractivity contribution in [2.45, 2.75) is 19.9 Å². The summed E-state index contributed by atoms with van der Waals surface area (Å²) >= 11 is 1.47. The van der Waals surface area contributed by atoms with Crippen LogP contribution in [0.25, 0.3) is 0 Å². The maximum atomic E-state index is 12.0. The molecule has 0 bridgehead atoms. The van der Waals surface area contributed by atoms with Crippen molar-refractivity contribution in [3.63, 3.8) is 0 Å². The number of ether oxygens (including phenoxy) is 1. The molecule has 1 aromatic carbocycles. The molecule has 1 aliphatic heterocycles. The Bertz CT molecular complexity index is 486. The number of rotatable bonds is 3. The molecule has 1 aliphatic rings. The van der Waals surface area contributed by atoms with Crippen molar-refractivity contribution < 1.29 is 9.53 Å². The van der Waals surface area contributed by atoms with Gasteiger partial charge in [-0.15, -0.1) is 0 Å². The number of thioether (sulfide) groups is 1. The molecule has 0 aromatic heterocycles. The average Bonchev–Trinajstić information content (AvgIpc) is 2.69. The smallest absolute Gasteiger partial charge is 0.243 e. The van der Waals surface area contributed by atoms with E-state index in [1.54, 1.807) is 12.0 Å². The topological polar surface area (TPSA) is 41.9 Å². The highest BCUT2D eigenvalue weighted by atomic mass is 32.2. The molecule has 2 rings (SSSR count). The minimum atomic E-state index is 0.0453. The van der Waals surface area contributed by atoms with E-state index in [9.17, 15) is 4.79 Å². The molecule has 1 amide bonds. The third kappa shape index (κ3) is 2.51. The Balaban J connectivity index is 2.43. The van der Waals surface area contributed by atoms with Gasteiger partial charge in [-0.25, -0.2) is 0 Å². The Labute approximate surface area is 111 Å². The fraction of sp³-hybridized carbons (Fsp3) is 0.385. The van der Waals surface area contributed by atoms with E-state index >= 15 is 0 Å². The fourth-order valence-corrected chi connectivity index (χ4v) is 2.73. The van der Waals surface area contributed by atoms with Crippen molar-refractivity contribution in [3.05, 3.63) is 24.3 Å². The van der Waals surface area contributed by atoms with Crippen molar-refractivity contribution in [2.75, 3.05) is 17.8 Å². The van der Waals surface area contributed by atoms with Gasteiger partial charge in [-0.3, -0.25) is 14.7 Å². The molecule has 0 spiro atoms. The van der Waals surface area contributed by atoms with Crippen molar-refractivity contribution >= 4 is 28.5 Å². The van der Waals surface area contributed by atoms with Crippen LogP contribution in [0.4, 0.5) is 5.69 Å². The second-order valence-corrected chi connectivity index (χ2v) is 5.14. The van der Waals surface area contributed by atoms with E-state index in [4.69, 9.17) is 4.74 Å². The summed E-state index contributed by atoms with van der Waals surface area (Å²) < 4.78 is 5.30. The largest absolute Gasteiger partial charge is 0.495 e. The lowest BCUT2D eigenvalue weighted by Crippen LogP contribution is -2.30. The van der Waals surface area contributed by atoms with Crippen LogP contribution >= 0.6 is 11.8 Å². The lowest BCUT2D eigenvalue weighted by molar-refractivity contribution is -0.115. The zero-order chi connectivity index (χ0) is 13.1. The van der Waals surface area contributed by atoms with Crippen molar-refractivity contribution in [1.82, 2.24) is 0 Å². The van der Waals surface area contributed by atoms with Gasteiger partial charge < -0.3 is 4.74 Å². The van der Waals surface area contributed by atoms with Crippen LogP contribution in [0.2, 0.25) is 0 Å². The molecule has 1 aromatic rings. The van der Waals surface area contributed by atoms with Gasteiger partial charge in [-0.1, -0.05) is 23.9 Å². The summed E-state index contributed by atoms with van der Waals surface area (Å²) in [7, 11) is 1.60. The Morgan fingerprint density at radius 3 is 2.78 bits per heavy atom. The van der Waals surface area contributed by atoms with E-state index in [1.165, 1.54) is 11.8 Å². The molecule has 1 heterocycles. The molecule has 0 unspecified atom stereocenters. The maximum absolute atomic E-state index is 12.0. The number of hydrogen-bond acceptors (Lipinski definition) is 4. The van der Waals surface area contributed by atoms with Gasteiger partial charge in [-0.2, -0.15) is 0 Å². The highest BCUT2D eigenvalue weighted by Gasteiger charge is 2.31. The number of anilines is 1. The van der Waals surface area contributed by atoms with E-state index in [-0.39, 0.29) is 11.9 Å². The summed E-state index contributed by atoms with van der Waals surface area (Å²) in [6.07, 6.45) is 0. The number of benzene rings is 1. The van der Waals surface area contributed by atoms with Gasteiger partial charge in [0.15, 0.2) is 5.17 Å². The Morgan fingerprint density at radius 1 is 1.39 bits per heavy atom. The second kappa shape index (κ2) is 5.44. The van der Waals surface area contributed by atoms with Gasteiger partial charge in [0.25, 0.3) is 0 Å². The Kier molecular flexibility index (Phi) is 3.91. The first-order chi connectivity index (χ1) is 8.63. The van der Waals surface area contributed by atoms with Crippen LogP contribution in [0, 0.1) is 0 Å². The van der Waals surface area contributed by atoms with E-state index in [1.807, 2.05) is 38.1 Å². The number of hydrogen-bond donors (Lipinski definition) is 0. The number of amides is 1. The summed E-state index contributed by atoms with van der Waals surface area (Å²) in [5.74, 6) is 1.16. The first-order valence-corrected chi connectivity index (χ1v) is 6.78. The number of aliphatic imine (C=N–C) groups is 1. The summed E-state index contributed by atoms with van der Waals surface area (Å²) in [6.45, 7) is 3.99. The second-order valence-electron chi connectivity index (χ2n) is 4.20. The molecule has 1 saturated heterocycles. The predicted octanol–water partition coefficient (Wildman–Crippen LogP) is 2.54. The number of nitrogens with zero attached hydrogens (tertiary/aromatic N) is 2. The van der Waals surface area contributed by atoms with Gasteiger partial charge in [0, 0.05) is 6.04 Å². The van der Waals surface area contributed by atoms with Crippen LogP contribution in [0.3, 0.4) is 0 Å². The van der Waals surface area contributed by atoms with Crippen LogP contribution in [0.15, 0.2) is 29.3 Å². The summed E-state index contributed by atoms with van der Waals surface area (Å²) in [6, 6.07) is 7.66. The maximum Gasteiger partial charge on any atom is 0.243 e. The lowest BCUT2D eigenvalue weighted by Gasteiger charge is -2.19. The van der Waals surface area contributed by atoms with Crippen LogP contribution in [-0.2, 0) is 4.79 Å². The van der Waals surface area contributed by atoms with Gasteiger partial charge in [0.1, 0.15) is 5.75 Å².